The highest BCUT2D eigenvalue weighted by molar-refractivity contribution is 8.04. The maximum Gasteiger partial charge on any atom is 0.204 e. The Morgan fingerprint density at radius 1 is 0.893 bits per heavy atom. The van der Waals surface area contributed by atoms with Crippen molar-refractivity contribution in [2.45, 2.75) is 37.5 Å². The van der Waals surface area contributed by atoms with Crippen LogP contribution in [0, 0.1) is 0 Å². The number of thioether (sulfide) groups is 1. The lowest BCUT2D eigenvalue weighted by Crippen LogP contribution is -2.16. The first-order chi connectivity index (χ1) is 13.5. The molecule has 2 aromatic rings. The minimum Gasteiger partial charge on any atom is -0.507 e. The number of benzene rings is 2. The molecule has 0 aliphatic heterocycles. The van der Waals surface area contributed by atoms with Crippen LogP contribution < -0.4 is 4.74 Å². The number of fused-ring (bicyclic) bond motifs is 1. The summed E-state index contributed by atoms with van der Waals surface area (Å²) in [4.78, 5) is 26.0. The number of phenols is 2. The van der Waals surface area contributed by atoms with Crippen molar-refractivity contribution < 1.29 is 24.5 Å². The minimum atomic E-state index is -0.502. The number of carbonyl (C=O) groups is 2. The van der Waals surface area contributed by atoms with E-state index in [2.05, 4.69) is 6.92 Å². The predicted octanol–water partition coefficient (Wildman–Crippen LogP) is 5.11. The molecule has 0 heterocycles. The van der Waals surface area contributed by atoms with Gasteiger partial charge in [0.15, 0.2) is 5.78 Å². The molecule has 0 atom stereocenters. The zero-order valence-corrected chi connectivity index (χ0v) is 16.4. The van der Waals surface area contributed by atoms with Crippen LogP contribution >= 0.6 is 11.8 Å². The van der Waals surface area contributed by atoms with E-state index in [1.54, 1.807) is 0 Å². The average Bonchev–Trinajstić information content (AvgIpc) is 2.68. The van der Waals surface area contributed by atoms with Crippen LogP contribution in [0.15, 0.2) is 52.3 Å². The summed E-state index contributed by atoms with van der Waals surface area (Å²) < 4.78 is 5.71. The highest BCUT2D eigenvalue weighted by Crippen LogP contribution is 2.39. The van der Waals surface area contributed by atoms with E-state index >= 15 is 0 Å². The third-order valence-corrected chi connectivity index (χ3v) is 5.47. The van der Waals surface area contributed by atoms with Crippen LogP contribution in [-0.4, -0.2) is 28.4 Å². The van der Waals surface area contributed by atoms with Crippen LogP contribution in [-0.2, 0) is 0 Å². The molecule has 2 N–H and O–H groups in total. The first-order valence-electron chi connectivity index (χ1n) is 9.27. The van der Waals surface area contributed by atoms with E-state index in [1.165, 1.54) is 31.1 Å². The van der Waals surface area contributed by atoms with Crippen molar-refractivity contribution in [3.8, 4) is 17.2 Å². The molecular formula is C22H22O5S. The Hall–Kier alpha value is -2.73. The first-order valence-corrected chi connectivity index (χ1v) is 10.1. The van der Waals surface area contributed by atoms with Gasteiger partial charge in [0.05, 0.1) is 22.6 Å². The summed E-state index contributed by atoms with van der Waals surface area (Å²) in [6, 6.07) is 9.71. The van der Waals surface area contributed by atoms with Crippen molar-refractivity contribution in [3.05, 3.63) is 58.5 Å². The van der Waals surface area contributed by atoms with Gasteiger partial charge in [-0.15, -0.1) is 0 Å². The fourth-order valence-electron chi connectivity index (χ4n) is 2.97. The van der Waals surface area contributed by atoms with Crippen molar-refractivity contribution in [1.29, 1.82) is 0 Å². The van der Waals surface area contributed by atoms with Gasteiger partial charge < -0.3 is 14.9 Å². The number of unbranched alkanes of at least 4 members (excludes halogenated alkanes) is 3. The maximum absolute atomic E-state index is 12.7. The van der Waals surface area contributed by atoms with Crippen molar-refractivity contribution >= 4 is 23.3 Å². The second kappa shape index (κ2) is 8.97. The van der Waals surface area contributed by atoms with Crippen LogP contribution in [0.1, 0.15) is 53.3 Å². The SMILES string of the molecule is CCCCCCOc1ccc(SC2=CC(=O)c3c(O)ccc(O)c3C2=O)cc1. The van der Waals surface area contributed by atoms with Gasteiger partial charge in [0.25, 0.3) is 0 Å². The molecule has 1 aliphatic carbocycles. The van der Waals surface area contributed by atoms with Crippen LogP contribution in [0.5, 0.6) is 17.2 Å². The Bertz CT molecular complexity index is 915. The molecule has 6 heteroatoms. The molecule has 0 bridgehead atoms. The van der Waals surface area contributed by atoms with E-state index in [0.29, 0.717) is 6.61 Å². The maximum atomic E-state index is 12.7. The molecule has 0 amide bonds. The Labute approximate surface area is 168 Å². The van der Waals surface area contributed by atoms with Gasteiger partial charge >= 0.3 is 0 Å². The monoisotopic (exact) mass is 398 g/mol. The normalized spacial score (nSPS) is 13.2. The van der Waals surface area contributed by atoms with E-state index < -0.39 is 11.6 Å². The highest BCUT2D eigenvalue weighted by Gasteiger charge is 2.31. The summed E-state index contributed by atoms with van der Waals surface area (Å²) in [7, 11) is 0. The Morgan fingerprint density at radius 3 is 2.25 bits per heavy atom. The average molecular weight is 398 g/mol. The lowest BCUT2D eigenvalue weighted by atomic mass is 9.93. The number of allylic oxidation sites excluding steroid dienone is 2. The van der Waals surface area contributed by atoms with Gasteiger partial charge in [-0.3, -0.25) is 9.59 Å². The number of hydrogen-bond donors (Lipinski definition) is 2. The van der Waals surface area contributed by atoms with Crippen LogP contribution in [0.2, 0.25) is 0 Å². The van der Waals surface area contributed by atoms with Gasteiger partial charge in [-0.1, -0.05) is 37.9 Å². The number of aromatic hydroxyl groups is 2. The first kappa shape index (κ1) is 20.0. The lowest BCUT2D eigenvalue weighted by molar-refractivity contribution is 0.0986. The predicted molar refractivity (Wildman–Crippen MR) is 108 cm³/mol. The molecule has 3 rings (SSSR count). The fourth-order valence-corrected chi connectivity index (χ4v) is 3.85. The molecule has 0 saturated carbocycles. The third kappa shape index (κ3) is 4.39. The fraction of sp³-hybridized carbons (Fsp3) is 0.273. The topological polar surface area (TPSA) is 83.8 Å². The van der Waals surface area contributed by atoms with E-state index in [1.807, 2.05) is 24.3 Å². The van der Waals surface area contributed by atoms with E-state index in [9.17, 15) is 19.8 Å². The van der Waals surface area contributed by atoms with E-state index in [0.717, 1.165) is 35.2 Å². The largest absolute Gasteiger partial charge is 0.507 e. The van der Waals surface area contributed by atoms with Crippen molar-refractivity contribution in [2.75, 3.05) is 6.61 Å². The molecule has 0 fully saturated rings. The number of Topliss-reactive ketones (excluding diaryl/α,β-unsaturated/α-hetero) is 1. The number of hydrogen-bond acceptors (Lipinski definition) is 6. The molecule has 0 radical (unpaired) electrons. The summed E-state index contributed by atoms with van der Waals surface area (Å²) in [6.07, 6.45) is 5.76. The molecule has 0 aromatic heterocycles. The van der Waals surface area contributed by atoms with Gasteiger partial charge in [0, 0.05) is 11.0 Å². The smallest absolute Gasteiger partial charge is 0.204 e. The second-order valence-electron chi connectivity index (χ2n) is 6.54. The Kier molecular flexibility index (Phi) is 6.41. The van der Waals surface area contributed by atoms with Gasteiger partial charge in [-0.05, 0) is 42.8 Å². The molecule has 0 saturated heterocycles. The minimum absolute atomic E-state index is 0.151. The number of ketones is 2. The summed E-state index contributed by atoms with van der Waals surface area (Å²) in [6.45, 7) is 2.84. The van der Waals surface area contributed by atoms with Gasteiger partial charge in [0.2, 0.25) is 5.78 Å². The molecule has 28 heavy (non-hydrogen) atoms. The zero-order valence-electron chi connectivity index (χ0n) is 15.6. The van der Waals surface area contributed by atoms with Crippen molar-refractivity contribution in [2.24, 2.45) is 0 Å². The second-order valence-corrected chi connectivity index (χ2v) is 7.65. The molecule has 146 valence electrons. The summed E-state index contributed by atoms with van der Waals surface area (Å²) >= 11 is 1.14. The van der Waals surface area contributed by atoms with Crippen molar-refractivity contribution in [1.82, 2.24) is 0 Å². The van der Waals surface area contributed by atoms with Gasteiger partial charge in [-0.2, -0.15) is 0 Å². The van der Waals surface area contributed by atoms with Crippen LogP contribution in [0.3, 0.4) is 0 Å². The Balaban J connectivity index is 1.68. The lowest BCUT2D eigenvalue weighted by Gasteiger charge is -2.17. The van der Waals surface area contributed by atoms with Crippen LogP contribution in [0.4, 0.5) is 0 Å². The molecular weight excluding hydrogens is 376 g/mol. The number of phenolic OH excluding ortho intramolecular Hbond substituents is 2. The number of carbonyl (C=O) groups excluding carboxylic acids is 2. The van der Waals surface area contributed by atoms with Gasteiger partial charge in [-0.25, -0.2) is 0 Å². The quantitative estimate of drug-likeness (QED) is 0.475. The number of rotatable bonds is 8. The van der Waals surface area contributed by atoms with E-state index in [4.69, 9.17) is 4.74 Å². The summed E-state index contributed by atoms with van der Waals surface area (Å²) in [5.74, 6) is -0.855. The Morgan fingerprint density at radius 2 is 1.57 bits per heavy atom. The summed E-state index contributed by atoms with van der Waals surface area (Å²) in [5, 5.41) is 19.8. The third-order valence-electron chi connectivity index (χ3n) is 4.44. The summed E-state index contributed by atoms with van der Waals surface area (Å²) in [5.41, 5.74) is -0.303. The standard InChI is InChI=1S/C22H22O5S/c1-2-3-4-5-12-27-14-6-8-15(9-7-14)28-19-13-18(25)20-16(23)10-11-17(24)21(20)22(19)26/h6-11,13,23-24H,2-5,12H2,1H3. The molecule has 1 aliphatic rings. The van der Waals surface area contributed by atoms with Crippen LogP contribution in [0.25, 0.3) is 0 Å². The van der Waals surface area contributed by atoms with Gasteiger partial charge in [0.1, 0.15) is 17.2 Å². The number of ether oxygens (including phenoxy) is 1. The molecule has 0 spiro atoms. The highest BCUT2D eigenvalue weighted by atomic mass is 32.2. The molecule has 2 aromatic carbocycles. The van der Waals surface area contributed by atoms with E-state index in [-0.39, 0.29) is 27.5 Å². The zero-order chi connectivity index (χ0) is 20.1. The molecule has 0 unspecified atom stereocenters. The molecule has 5 nitrogen and oxygen atoms in total. The van der Waals surface area contributed by atoms with Crippen molar-refractivity contribution in [3.63, 3.8) is 0 Å².